The molecule has 0 aromatic heterocycles. The van der Waals surface area contributed by atoms with Gasteiger partial charge in [-0.05, 0) is 18.2 Å². The Bertz CT molecular complexity index is 404. The molecule has 2 aliphatic rings. The van der Waals surface area contributed by atoms with Crippen molar-refractivity contribution in [1.29, 1.82) is 0 Å². The third kappa shape index (κ3) is 0.952. The van der Waals surface area contributed by atoms with Crippen molar-refractivity contribution in [2.75, 3.05) is 0 Å². The molecule has 2 heteroatoms. The first-order valence-electron chi connectivity index (χ1n) is 4.24. The number of rotatable bonds is 0. The maximum Gasteiger partial charge on any atom is 0.177 e. The lowest BCUT2D eigenvalue weighted by Crippen LogP contribution is -2.17. The highest BCUT2D eigenvalue weighted by molar-refractivity contribution is 5.62. The first kappa shape index (κ1) is 6.78. The zero-order valence-electron chi connectivity index (χ0n) is 6.94. The fraction of sp³-hybridized carbons (Fsp3) is 0.0909. The van der Waals surface area contributed by atoms with Crippen molar-refractivity contribution in [3.63, 3.8) is 0 Å². The summed E-state index contributed by atoms with van der Waals surface area (Å²) in [5.41, 5.74) is 1.08. The first-order chi connectivity index (χ1) is 6.43. The Morgan fingerprint density at radius 3 is 3.08 bits per heavy atom. The van der Waals surface area contributed by atoms with Gasteiger partial charge in [-0.15, -0.1) is 0 Å². The number of para-hydroxylation sites is 1. The Labute approximate surface area is 76.1 Å². The van der Waals surface area contributed by atoms with E-state index in [1.807, 2.05) is 36.4 Å². The molecule has 0 amide bonds. The van der Waals surface area contributed by atoms with Crippen LogP contribution in [0.25, 0.3) is 6.08 Å². The molecule has 0 aliphatic carbocycles. The molecule has 2 aliphatic heterocycles. The molecule has 2 heterocycles. The van der Waals surface area contributed by atoms with E-state index in [-0.39, 0.29) is 6.10 Å². The second-order valence-electron chi connectivity index (χ2n) is 3.07. The van der Waals surface area contributed by atoms with E-state index in [4.69, 9.17) is 9.47 Å². The third-order valence-electron chi connectivity index (χ3n) is 2.21. The van der Waals surface area contributed by atoms with Gasteiger partial charge in [0.15, 0.2) is 6.10 Å². The van der Waals surface area contributed by atoms with E-state index >= 15 is 0 Å². The van der Waals surface area contributed by atoms with Gasteiger partial charge in [0.25, 0.3) is 0 Å². The lowest BCUT2D eigenvalue weighted by molar-refractivity contribution is 0.225. The van der Waals surface area contributed by atoms with Crippen LogP contribution in [0, 0.1) is 0 Å². The van der Waals surface area contributed by atoms with Crippen molar-refractivity contribution >= 4 is 6.08 Å². The Morgan fingerprint density at radius 1 is 1.15 bits per heavy atom. The Morgan fingerprint density at radius 2 is 2.08 bits per heavy atom. The van der Waals surface area contributed by atoms with Gasteiger partial charge in [0.2, 0.25) is 0 Å². The second-order valence-corrected chi connectivity index (χ2v) is 3.07. The standard InChI is InChI=1S/C11H8O2/c1-2-4-9-8(3-1)7-11-10(13-9)5-6-12-11/h1-7,10H. The van der Waals surface area contributed by atoms with Crippen LogP contribution in [0.2, 0.25) is 0 Å². The predicted octanol–water partition coefficient (Wildman–Crippen LogP) is 2.33. The van der Waals surface area contributed by atoms with Crippen LogP contribution >= 0.6 is 0 Å². The molecule has 1 aromatic carbocycles. The minimum atomic E-state index is -0.0186. The molecule has 1 unspecified atom stereocenters. The second kappa shape index (κ2) is 2.39. The van der Waals surface area contributed by atoms with Crippen LogP contribution in [0.4, 0.5) is 0 Å². The van der Waals surface area contributed by atoms with E-state index in [2.05, 4.69) is 0 Å². The molecule has 1 aromatic rings. The van der Waals surface area contributed by atoms with Gasteiger partial charge >= 0.3 is 0 Å². The van der Waals surface area contributed by atoms with Crippen molar-refractivity contribution < 1.29 is 9.47 Å². The minimum absolute atomic E-state index is 0.0186. The van der Waals surface area contributed by atoms with Crippen LogP contribution < -0.4 is 4.74 Å². The molecule has 0 N–H and O–H groups in total. The van der Waals surface area contributed by atoms with Gasteiger partial charge < -0.3 is 9.47 Å². The smallest absolute Gasteiger partial charge is 0.177 e. The van der Waals surface area contributed by atoms with Crippen LogP contribution in [0.5, 0.6) is 5.75 Å². The van der Waals surface area contributed by atoms with Gasteiger partial charge in [0.1, 0.15) is 11.5 Å². The Hall–Kier alpha value is -1.70. The van der Waals surface area contributed by atoms with Crippen molar-refractivity contribution in [2.45, 2.75) is 6.10 Å². The summed E-state index contributed by atoms with van der Waals surface area (Å²) >= 11 is 0. The summed E-state index contributed by atoms with van der Waals surface area (Å²) in [4.78, 5) is 0. The molecule has 2 nitrogen and oxygen atoms in total. The molecule has 0 radical (unpaired) electrons. The van der Waals surface area contributed by atoms with Crippen molar-refractivity contribution in [1.82, 2.24) is 0 Å². The fourth-order valence-corrected chi connectivity index (χ4v) is 1.56. The number of hydrogen-bond acceptors (Lipinski definition) is 2. The van der Waals surface area contributed by atoms with Crippen LogP contribution in [-0.4, -0.2) is 6.10 Å². The summed E-state index contributed by atoms with van der Waals surface area (Å²) in [5.74, 6) is 1.80. The van der Waals surface area contributed by atoms with Crippen LogP contribution in [0.15, 0.2) is 42.4 Å². The van der Waals surface area contributed by atoms with E-state index in [0.29, 0.717) is 0 Å². The minimum Gasteiger partial charge on any atom is -0.478 e. The average molecular weight is 172 g/mol. The number of fused-ring (bicyclic) bond motifs is 2. The molecular formula is C11H8O2. The quantitative estimate of drug-likeness (QED) is 0.598. The molecular weight excluding hydrogens is 164 g/mol. The van der Waals surface area contributed by atoms with Gasteiger partial charge in [-0.1, -0.05) is 18.2 Å². The monoisotopic (exact) mass is 172 g/mol. The number of hydrogen-bond donors (Lipinski definition) is 0. The van der Waals surface area contributed by atoms with Gasteiger partial charge in [-0.2, -0.15) is 0 Å². The molecule has 1 atom stereocenters. The number of benzene rings is 1. The molecule has 0 spiro atoms. The average Bonchev–Trinajstić information content (AvgIpc) is 2.61. The summed E-state index contributed by atoms with van der Waals surface area (Å²) in [5, 5.41) is 0. The Balaban J connectivity index is 2.13. The lowest BCUT2D eigenvalue weighted by Gasteiger charge is -2.19. The molecule has 0 fully saturated rings. The fourth-order valence-electron chi connectivity index (χ4n) is 1.56. The van der Waals surface area contributed by atoms with Crippen LogP contribution in [0.1, 0.15) is 5.56 Å². The largest absolute Gasteiger partial charge is 0.478 e. The van der Waals surface area contributed by atoms with Crippen LogP contribution in [0.3, 0.4) is 0 Å². The van der Waals surface area contributed by atoms with E-state index in [1.54, 1.807) is 6.26 Å². The van der Waals surface area contributed by atoms with Crippen molar-refractivity contribution in [3.8, 4) is 5.75 Å². The van der Waals surface area contributed by atoms with E-state index in [0.717, 1.165) is 17.1 Å². The summed E-state index contributed by atoms with van der Waals surface area (Å²) < 4.78 is 10.9. The van der Waals surface area contributed by atoms with Gasteiger partial charge in [0.05, 0.1) is 6.26 Å². The Kier molecular flexibility index (Phi) is 1.25. The topological polar surface area (TPSA) is 18.5 Å². The highest BCUT2D eigenvalue weighted by atomic mass is 16.5. The van der Waals surface area contributed by atoms with Gasteiger partial charge in [0, 0.05) is 5.56 Å². The van der Waals surface area contributed by atoms with E-state index in [1.165, 1.54) is 0 Å². The molecule has 64 valence electrons. The molecule has 0 bridgehead atoms. The zero-order valence-corrected chi connectivity index (χ0v) is 6.94. The molecule has 13 heavy (non-hydrogen) atoms. The van der Waals surface area contributed by atoms with E-state index in [9.17, 15) is 0 Å². The molecule has 3 rings (SSSR count). The summed E-state index contributed by atoms with van der Waals surface area (Å²) in [6.45, 7) is 0. The van der Waals surface area contributed by atoms with Gasteiger partial charge in [-0.25, -0.2) is 0 Å². The number of ether oxygens (including phenoxy) is 2. The SMILES string of the molecule is C1=CC2Oc3ccccc3C=C2O1. The van der Waals surface area contributed by atoms with Crippen molar-refractivity contribution in [3.05, 3.63) is 47.9 Å². The third-order valence-corrected chi connectivity index (χ3v) is 2.21. The normalized spacial score (nSPS) is 22.5. The molecule has 0 saturated carbocycles. The maximum absolute atomic E-state index is 5.68. The first-order valence-corrected chi connectivity index (χ1v) is 4.24. The van der Waals surface area contributed by atoms with E-state index < -0.39 is 0 Å². The molecule has 0 saturated heterocycles. The summed E-state index contributed by atoms with van der Waals surface area (Å²) in [7, 11) is 0. The van der Waals surface area contributed by atoms with Crippen LogP contribution in [-0.2, 0) is 4.74 Å². The van der Waals surface area contributed by atoms with Crippen molar-refractivity contribution in [2.24, 2.45) is 0 Å². The van der Waals surface area contributed by atoms with Gasteiger partial charge in [-0.3, -0.25) is 0 Å². The lowest BCUT2D eigenvalue weighted by atomic mass is 10.1. The highest BCUT2D eigenvalue weighted by Crippen LogP contribution is 2.32. The zero-order chi connectivity index (χ0) is 8.67. The summed E-state index contributed by atoms with van der Waals surface area (Å²) in [6.07, 6.45) is 5.57. The highest BCUT2D eigenvalue weighted by Gasteiger charge is 2.24. The maximum atomic E-state index is 5.68. The summed E-state index contributed by atoms with van der Waals surface area (Å²) in [6, 6.07) is 7.94. The predicted molar refractivity (Wildman–Crippen MR) is 49.1 cm³/mol.